The van der Waals surface area contributed by atoms with Crippen molar-refractivity contribution in [2.24, 2.45) is 0 Å². The van der Waals surface area contributed by atoms with Gasteiger partial charge in [0.15, 0.2) is 23.0 Å². The topological polar surface area (TPSA) is 36.9 Å². The van der Waals surface area contributed by atoms with Crippen LogP contribution in [0.25, 0.3) is 11.1 Å². The molecule has 430 valence electrons. The first-order chi connectivity index (χ1) is 36.4. The maximum Gasteiger partial charge on any atom is 0.231 e. The summed E-state index contributed by atoms with van der Waals surface area (Å²) in [5.74, 6) is 3.02. The molecule has 0 amide bonds. The third-order valence-corrected chi connectivity index (χ3v) is 21.6. The third kappa shape index (κ3) is 11.7. The molecule has 0 saturated carbocycles. The summed E-state index contributed by atoms with van der Waals surface area (Å²) in [6, 6.07) is 29.7. The summed E-state index contributed by atoms with van der Waals surface area (Å²) in [5, 5.41) is 7.71. The van der Waals surface area contributed by atoms with E-state index in [-0.39, 0.29) is 56.9 Å². The van der Waals surface area contributed by atoms with E-state index in [1.807, 2.05) is 0 Å². The van der Waals surface area contributed by atoms with Crippen molar-refractivity contribution in [1.29, 1.82) is 0 Å². The lowest BCUT2D eigenvalue weighted by atomic mass is 9.77. The minimum atomic E-state index is -1.34. The molecule has 0 N–H and O–H groups in total. The average molecular weight is 1120 g/mol. The van der Waals surface area contributed by atoms with Crippen LogP contribution < -0.4 is 50.8 Å². The van der Waals surface area contributed by atoms with Gasteiger partial charge < -0.3 is 18.9 Å². The predicted molar refractivity (Wildman–Crippen MR) is 350 cm³/mol. The molecule has 0 aromatic heterocycles. The number of rotatable bonds is 7. The summed E-state index contributed by atoms with van der Waals surface area (Å²) in [4.78, 5) is 0. The van der Waals surface area contributed by atoms with Crippen molar-refractivity contribution in [2.45, 2.75) is 237 Å². The molecule has 0 saturated heterocycles. The van der Waals surface area contributed by atoms with Crippen LogP contribution in [0.3, 0.4) is 0 Å². The smallest absolute Gasteiger partial charge is 0.231 e. The molecule has 6 aromatic carbocycles. The molecule has 0 bridgehead atoms. The molecule has 2 aliphatic heterocycles. The molecular formula is C74H100O4P2. The van der Waals surface area contributed by atoms with Crippen molar-refractivity contribution < 1.29 is 18.9 Å². The molecule has 0 aliphatic carbocycles. The fourth-order valence-corrected chi connectivity index (χ4v) is 18.3. The van der Waals surface area contributed by atoms with Gasteiger partial charge in [0.25, 0.3) is 0 Å². The maximum absolute atomic E-state index is 6.99. The van der Waals surface area contributed by atoms with E-state index in [0.717, 1.165) is 34.1 Å². The number of hydrogen-bond acceptors (Lipinski definition) is 4. The molecule has 2 heterocycles. The lowest BCUT2D eigenvalue weighted by molar-refractivity contribution is 0.173. The van der Waals surface area contributed by atoms with Crippen molar-refractivity contribution in [1.82, 2.24) is 0 Å². The van der Waals surface area contributed by atoms with Crippen molar-refractivity contribution >= 4 is 47.7 Å². The molecule has 6 aromatic rings. The normalized spacial score (nSPS) is 14.5. The summed E-state index contributed by atoms with van der Waals surface area (Å²) in [6.07, 6.45) is 0. The fraction of sp³-hybridized carbons (Fsp3) is 0.514. The Morgan fingerprint density at radius 2 is 0.463 bits per heavy atom. The SMILES string of the molecule is Cc1c(C(C)(C)C)cc(P(c2cc(C(C)(C)C)c(C)c(C(C)(C)C)c2)c2ccc3c(c2-c2c(P(c4cc(C(C)(C)C)c(C)c(C(C)(C)C)c4)c4cc(C(C)(C)C)c(C)c(C(C)(C)C)c4)ccc4c2OCO4)OCO3)cc1C(C)(C)C. The van der Waals surface area contributed by atoms with Crippen LogP contribution in [-0.2, 0) is 43.3 Å². The van der Waals surface area contributed by atoms with Crippen molar-refractivity contribution in [3.05, 3.63) is 140 Å². The third-order valence-electron chi connectivity index (χ3n) is 16.8. The minimum Gasteiger partial charge on any atom is -0.454 e. The second kappa shape index (κ2) is 20.6. The largest absolute Gasteiger partial charge is 0.454 e. The number of benzene rings is 6. The van der Waals surface area contributed by atoms with E-state index < -0.39 is 15.8 Å². The second-order valence-corrected chi connectivity index (χ2v) is 36.1. The summed E-state index contributed by atoms with van der Waals surface area (Å²) < 4.78 is 27.1. The first kappa shape index (κ1) is 61.5. The minimum absolute atomic E-state index is 0.120. The molecule has 2 aliphatic rings. The zero-order valence-electron chi connectivity index (χ0n) is 54.9. The van der Waals surface area contributed by atoms with Gasteiger partial charge in [0, 0.05) is 11.1 Å². The molecule has 0 atom stereocenters. The van der Waals surface area contributed by atoms with Gasteiger partial charge in [-0.05, 0) is 258 Å². The van der Waals surface area contributed by atoms with Gasteiger partial charge in [-0.3, -0.25) is 0 Å². The first-order valence-electron chi connectivity index (χ1n) is 29.5. The fourth-order valence-electron chi connectivity index (χ4n) is 13.2. The van der Waals surface area contributed by atoms with Crippen LogP contribution in [0, 0.1) is 27.7 Å². The van der Waals surface area contributed by atoms with Crippen LogP contribution in [-0.4, -0.2) is 13.6 Å². The number of hydrogen-bond donors (Lipinski definition) is 0. The van der Waals surface area contributed by atoms with Crippen molar-refractivity contribution in [2.75, 3.05) is 13.6 Å². The number of ether oxygens (including phenoxy) is 4. The zero-order chi connectivity index (χ0) is 59.7. The Bertz CT molecular complexity index is 2860. The van der Waals surface area contributed by atoms with Gasteiger partial charge in [-0.15, -0.1) is 0 Å². The van der Waals surface area contributed by atoms with Crippen molar-refractivity contribution in [3.8, 4) is 34.1 Å². The zero-order valence-corrected chi connectivity index (χ0v) is 56.7. The Hall–Kier alpha value is -4.62. The molecule has 0 unspecified atom stereocenters. The highest BCUT2D eigenvalue weighted by Gasteiger charge is 2.40. The van der Waals surface area contributed by atoms with Gasteiger partial charge in [-0.1, -0.05) is 166 Å². The highest BCUT2D eigenvalue weighted by atomic mass is 31.1. The summed E-state index contributed by atoms with van der Waals surface area (Å²) in [5.41, 5.74) is 17.6. The Morgan fingerprint density at radius 3 is 0.637 bits per heavy atom. The van der Waals surface area contributed by atoms with Crippen molar-refractivity contribution in [3.63, 3.8) is 0 Å². The molecular weight excluding hydrogens is 1010 g/mol. The van der Waals surface area contributed by atoms with E-state index in [2.05, 4.69) is 267 Å². The Kier molecular flexibility index (Phi) is 15.8. The van der Waals surface area contributed by atoms with Gasteiger partial charge in [0.2, 0.25) is 13.6 Å². The molecule has 8 rings (SSSR count). The van der Waals surface area contributed by atoms with E-state index in [1.54, 1.807) is 0 Å². The monoisotopic (exact) mass is 1110 g/mol. The summed E-state index contributed by atoms with van der Waals surface area (Å²) in [6.45, 7) is 66.7. The lowest BCUT2D eigenvalue weighted by Gasteiger charge is -2.35. The molecule has 0 radical (unpaired) electrons. The van der Waals surface area contributed by atoms with E-state index >= 15 is 0 Å². The van der Waals surface area contributed by atoms with E-state index in [1.165, 1.54) is 98.6 Å². The molecule has 0 spiro atoms. The molecule has 6 heteroatoms. The van der Waals surface area contributed by atoms with Gasteiger partial charge in [0.05, 0.1) is 0 Å². The van der Waals surface area contributed by atoms with Crippen LogP contribution >= 0.6 is 15.8 Å². The Labute approximate surface area is 488 Å². The molecule has 4 nitrogen and oxygen atoms in total. The van der Waals surface area contributed by atoms with Crippen LogP contribution in [0.5, 0.6) is 23.0 Å². The van der Waals surface area contributed by atoms with Crippen LogP contribution in [0.4, 0.5) is 0 Å². The van der Waals surface area contributed by atoms with Gasteiger partial charge >= 0.3 is 0 Å². The first-order valence-corrected chi connectivity index (χ1v) is 32.2. The van der Waals surface area contributed by atoms with Crippen LogP contribution in [0.1, 0.15) is 233 Å². The molecule has 0 fully saturated rings. The average Bonchev–Trinajstić information content (AvgIpc) is 3.98. The molecule has 80 heavy (non-hydrogen) atoms. The van der Waals surface area contributed by atoms with E-state index in [4.69, 9.17) is 18.9 Å². The second-order valence-electron chi connectivity index (χ2n) is 31.7. The predicted octanol–water partition coefficient (Wildman–Crippen LogP) is 17.9. The standard InChI is InChI=1S/C74H100O4P2/c1-43-51(67(5,6)7)33-47(34-52(43)68(8,9)10)79(48-35-53(69(11,12)13)44(2)54(36-48)70(14,15)16)61-31-29-59-65(77-41-75-59)63(61)64-62(32-30-60-66(64)78-42-76-60)80(49-37-55(71(17,18)19)45(3)56(38-49)72(20,21)22)50-39-57(73(23,24)25)46(4)58(40-50)74(26,27)28/h29-40H,41-42H2,1-28H3. The Balaban J connectivity index is 1.65. The van der Waals surface area contributed by atoms with E-state index in [0.29, 0.717) is 0 Å². The summed E-state index contributed by atoms with van der Waals surface area (Å²) >= 11 is 0. The Morgan fingerprint density at radius 1 is 0.275 bits per heavy atom. The van der Waals surface area contributed by atoms with Gasteiger partial charge in [0.1, 0.15) is 0 Å². The highest BCUT2D eigenvalue weighted by Crippen LogP contribution is 2.55. The number of fused-ring (bicyclic) bond motifs is 2. The summed E-state index contributed by atoms with van der Waals surface area (Å²) in [7, 11) is -2.68. The van der Waals surface area contributed by atoms with Gasteiger partial charge in [-0.2, -0.15) is 0 Å². The van der Waals surface area contributed by atoms with E-state index in [9.17, 15) is 0 Å². The van der Waals surface area contributed by atoms with Crippen LogP contribution in [0.2, 0.25) is 0 Å². The highest BCUT2D eigenvalue weighted by molar-refractivity contribution is 7.80. The van der Waals surface area contributed by atoms with Crippen LogP contribution in [0.15, 0.2) is 72.8 Å². The maximum atomic E-state index is 6.99. The quantitative estimate of drug-likeness (QED) is 0.149. The van der Waals surface area contributed by atoms with Gasteiger partial charge in [-0.25, -0.2) is 0 Å². The lowest BCUT2D eigenvalue weighted by Crippen LogP contribution is -2.32.